The lowest BCUT2D eigenvalue weighted by atomic mass is 9.92. The summed E-state index contributed by atoms with van der Waals surface area (Å²) in [5, 5.41) is 4.82. The number of nitrogens with one attached hydrogen (secondary N) is 1. The third-order valence-corrected chi connectivity index (χ3v) is 5.28. The van der Waals surface area contributed by atoms with Crippen molar-refractivity contribution < 1.29 is 0 Å². The predicted octanol–water partition coefficient (Wildman–Crippen LogP) is 2.47. The van der Waals surface area contributed by atoms with Gasteiger partial charge < -0.3 is 9.88 Å². The van der Waals surface area contributed by atoms with Gasteiger partial charge in [-0.05, 0) is 19.4 Å². The molecule has 1 fully saturated rings. The summed E-state index contributed by atoms with van der Waals surface area (Å²) in [6, 6.07) is 10.5. The summed E-state index contributed by atoms with van der Waals surface area (Å²) in [7, 11) is 0. The van der Waals surface area contributed by atoms with E-state index in [4.69, 9.17) is 5.10 Å². The molecular formula is C20H21N7O. The van der Waals surface area contributed by atoms with Gasteiger partial charge in [-0.2, -0.15) is 0 Å². The maximum Gasteiger partial charge on any atom is 0.298 e. The SMILES string of the molecule is CC(C)n1c(N2CC(c3ccccc3)C2)nn2c(-c3cnc[nH]3)cnc2c1=O. The molecule has 0 unspecified atom stereocenters. The van der Waals surface area contributed by atoms with E-state index in [1.165, 1.54) is 5.56 Å². The van der Waals surface area contributed by atoms with E-state index in [1.807, 2.05) is 19.9 Å². The number of aromatic nitrogens is 6. The van der Waals surface area contributed by atoms with Gasteiger partial charge in [0.1, 0.15) is 5.69 Å². The maximum atomic E-state index is 13.2. The highest BCUT2D eigenvalue weighted by atomic mass is 16.1. The van der Waals surface area contributed by atoms with Gasteiger partial charge in [-0.15, -0.1) is 5.10 Å². The Morgan fingerprint density at radius 3 is 2.61 bits per heavy atom. The Bertz CT molecular complexity index is 1170. The lowest BCUT2D eigenvalue weighted by molar-refractivity contribution is 0.470. The molecule has 1 saturated heterocycles. The zero-order valence-electron chi connectivity index (χ0n) is 15.8. The van der Waals surface area contributed by atoms with Gasteiger partial charge in [0, 0.05) is 25.0 Å². The van der Waals surface area contributed by atoms with Crippen molar-refractivity contribution >= 4 is 11.6 Å². The van der Waals surface area contributed by atoms with Crippen LogP contribution < -0.4 is 10.5 Å². The number of hydrogen-bond acceptors (Lipinski definition) is 5. The Hall–Kier alpha value is -3.42. The van der Waals surface area contributed by atoms with E-state index >= 15 is 0 Å². The summed E-state index contributed by atoms with van der Waals surface area (Å²) in [5.41, 5.74) is 3.01. The molecular weight excluding hydrogens is 354 g/mol. The zero-order valence-corrected chi connectivity index (χ0v) is 15.8. The summed E-state index contributed by atoms with van der Waals surface area (Å²) in [4.78, 5) is 26.8. The standard InChI is InChI=1S/C20H21N7O/c1-13(2)26-19(28)18-22-9-17(16-8-21-12-23-16)27(18)24-20(26)25-10-15(11-25)14-6-4-3-5-7-14/h3-9,12-13,15H,10-11H2,1-2H3,(H,21,23). The molecule has 0 atom stereocenters. The lowest BCUT2D eigenvalue weighted by Crippen LogP contribution is -2.48. The minimum absolute atomic E-state index is 0.0110. The lowest BCUT2D eigenvalue weighted by Gasteiger charge is -2.41. The quantitative estimate of drug-likeness (QED) is 0.592. The van der Waals surface area contributed by atoms with Crippen LogP contribution in [0.1, 0.15) is 31.4 Å². The summed E-state index contributed by atoms with van der Waals surface area (Å²) in [6.45, 7) is 5.66. The molecule has 1 aliphatic heterocycles. The van der Waals surface area contributed by atoms with Gasteiger partial charge >= 0.3 is 0 Å². The van der Waals surface area contributed by atoms with Crippen molar-refractivity contribution in [3.8, 4) is 11.4 Å². The van der Waals surface area contributed by atoms with Crippen LogP contribution in [-0.2, 0) is 0 Å². The molecule has 4 aromatic rings. The highest BCUT2D eigenvalue weighted by molar-refractivity contribution is 5.58. The minimum Gasteiger partial charge on any atom is -0.343 e. The van der Waals surface area contributed by atoms with Crippen LogP contribution in [-0.4, -0.2) is 42.2 Å². The van der Waals surface area contributed by atoms with Crippen LogP contribution in [0.25, 0.3) is 17.0 Å². The highest BCUT2D eigenvalue weighted by Crippen LogP contribution is 2.31. The fraction of sp³-hybridized carbons (Fsp3) is 0.300. The second-order valence-corrected chi connectivity index (χ2v) is 7.43. The Morgan fingerprint density at radius 1 is 1.14 bits per heavy atom. The highest BCUT2D eigenvalue weighted by Gasteiger charge is 2.32. The van der Waals surface area contributed by atoms with Crippen molar-refractivity contribution in [1.29, 1.82) is 0 Å². The molecule has 0 aliphatic carbocycles. The second kappa shape index (κ2) is 6.33. The average Bonchev–Trinajstić information content (AvgIpc) is 3.30. The van der Waals surface area contributed by atoms with Crippen LogP contribution in [0.2, 0.25) is 0 Å². The molecule has 0 saturated carbocycles. The summed E-state index contributed by atoms with van der Waals surface area (Å²) < 4.78 is 3.36. The van der Waals surface area contributed by atoms with Gasteiger partial charge in [-0.1, -0.05) is 30.3 Å². The summed E-state index contributed by atoms with van der Waals surface area (Å²) >= 11 is 0. The Labute approximate surface area is 161 Å². The van der Waals surface area contributed by atoms with E-state index in [0.717, 1.165) is 24.5 Å². The summed E-state index contributed by atoms with van der Waals surface area (Å²) in [6.07, 6.45) is 4.97. The number of rotatable bonds is 4. The number of nitrogens with zero attached hydrogens (tertiary/aromatic N) is 6. The van der Waals surface area contributed by atoms with Gasteiger partial charge in [0.15, 0.2) is 0 Å². The van der Waals surface area contributed by atoms with E-state index < -0.39 is 0 Å². The van der Waals surface area contributed by atoms with Crippen LogP contribution >= 0.6 is 0 Å². The first-order valence-electron chi connectivity index (χ1n) is 9.42. The molecule has 0 radical (unpaired) electrons. The normalized spacial score (nSPS) is 14.8. The van der Waals surface area contributed by atoms with E-state index in [1.54, 1.807) is 27.8 Å². The Balaban J connectivity index is 1.59. The zero-order chi connectivity index (χ0) is 19.3. The number of benzene rings is 1. The van der Waals surface area contributed by atoms with E-state index in [-0.39, 0.29) is 11.6 Å². The minimum atomic E-state index is -0.131. The molecule has 0 amide bonds. The first kappa shape index (κ1) is 16.7. The molecule has 1 aliphatic rings. The first-order valence-corrected chi connectivity index (χ1v) is 9.42. The number of aromatic amines is 1. The molecule has 142 valence electrons. The fourth-order valence-corrected chi connectivity index (χ4v) is 3.77. The third-order valence-electron chi connectivity index (χ3n) is 5.28. The van der Waals surface area contributed by atoms with Crippen LogP contribution in [0.3, 0.4) is 0 Å². The fourth-order valence-electron chi connectivity index (χ4n) is 3.77. The summed E-state index contributed by atoms with van der Waals surface area (Å²) in [5.74, 6) is 1.13. The second-order valence-electron chi connectivity index (χ2n) is 7.43. The molecule has 1 aromatic carbocycles. The van der Waals surface area contributed by atoms with Crippen LogP contribution in [0.4, 0.5) is 5.95 Å². The largest absolute Gasteiger partial charge is 0.343 e. The van der Waals surface area contributed by atoms with Gasteiger partial charge in [0.25, 0.3) is 5.56 Å². The van der Waals surface area contributed by atoms with E-state index in [0.29, 0.717) is 17.5 Å². The van der Waals surface area contributed by atoms with Crippen LogP contribution in [0.5, 0.6) is 0 Å². The van der Waals surface area contributed by atoms with Crippen molar-refractivity contribution in [2.45, 2.75) is 25.8 Å². The monoisotopic (exact) mass is 375 g/mol. The maximum absolute atomic E-state index is 13.2. The molecule has 0 bridgehead atoms. The molecule has 28 heavy (non-hydrogen) atoms. The topological polar surface area (TPSA) is 84.1 Å². The molecule has 3 aromatic heterocycles. The molecule has 8 heteroatoms. The Kier molecular flexibility index (Phi) is 3.78. The first-order chi connectivity index (χ1) is 13.6. The Morgan fingerprint density at radius 2 is 1.93 bits per heavy atom. The molecule has 4 heterocycles. The molecule has 0 spiro atoms. The smallest absolute Gasteiger partial charge is 0.298 e. The number of anilines is 1. The number of hydrogen-bond donors (Lipinski definition) is 1. The van der Waals surface area contributed by atoms with Crippen molar-refractivity contribution in [2.75, 3.05) is 18.0 Å². The van der Waals surface area contributed by atoms with E-state index in [2.05, 4.69) is 44.1 Å². The number of fused-ring (bicyclic) bond motifs is 1. The van der Waals surface area contributed by atoms with Crippen LogP contribution in [0, 0.1) is 0 Å². The van der Waals surface area contributed by atoms with Gasteiger partial charge in [-0.3, -0.25) is 9.36 Å². The van der Waals surface area contributed by atoms with Gasteiger partial charge in [0.2, 0.25) is 11.6 Å². The van der Waals surface area contributed by atoms with Crippen molar-refractivity contribution in [3.63, 3.8) is 0 Å². The van der Waals surface area contributed by atoms with Crippen molar-refractivity contribution in [1.82, 2.24) is 29.1 Å². The molecule has 1 N–H and O–H groups in total. The number of imidazole rings is 2. The van der Waals surface area contributed by atoms with Crippen molar-refractivity contribution in [2.24, 2.45) is 0 Å². The third kappa shape index (κ3) is 2.52. The van der Waals surface area contributed by atoms with E-state index in [9.17, 15) is 4.79 Å². The average molecular weight is 375 g/mol. The molecule has 8 nitrogen and oxygen atoms in total. The van der Waals surface area contributed by atoms with Crippen molar-refractivity contribution in [3.05, 3.63) is 65.0 Å². The number of H-pyrrole nitrogens is 1. The van der Waals surface area contributed by atoms with Gasteiger partial charge in [0.05, 0.1) is 24.4 Å². The molecule has 5 rings (SSSR count). The van der Waals surface area contributed by atoms with Gasteiger partial charge in [-0.25, -0.2) is 14.5 Å². The van der Waals surface area contributed by atoms with Crippen LogP contribution in [0.15, 0.2) is 53.8 Å². The predicted molar refractivity (Wildman–Crippen MR) is 107 cm³/mol.